The smallest absolute Gasteiger partial charge is 0.335 e. The first-order valence-corrected chi connectivity index (χ1v) is 11.0. The van der Waals surface area contributed by atoms with Crippen LogP contribution in [0.2, 0.25) is 0 Å². The Morgan fingerprint density at radius 1 is 1.03 bits per heavy atom. The van der Waals surface area contributed by atoms with Crippen LogP contribution in [0.1, 0.15) is 27.7 Å². The topological polar surface area (TPSA) is 97.2 Å². The predicted octanol–water partition coefficient (Wildman–Crippen LogP) is 5.17. The van der Waals surface area contributed by atoms with Gasteiger partial charge in [-0.3, -0.25) is 0 Å². The Morgan fingerprint density at radius 2 is 1.79 bits per heavy atom. The molecule has 7 nitrogen and oxygen atoms in total. The number of benzene rings is 3. The van der Waals surface area contributed by atoms with E-state index in [1.54, 1.807) is 30.3 Å². The van der Waals surface area contributed by atoms with Gasteiger partial charge >= 0.3 is 5.97 Å². The first kappa shape index (κ1) is 20.9. The molecule has 0 fully saturated rings. The molecule has 33 heavy (non-hydrogen) atoms. The van der Waals surface area contributed by atoms with Crippen molar-refractivity contribution < 1.29 is 19.0 Å². The zero-order valence-electron chi connectivity index (χ0n) is 17.1. The molecule has 1 aromatic heterocycles. The number of nitrogens with zero attached hydrogens (tertiary/aromatic N) is 3. The number of hydrogen-bond acceptors (Lipinski definition) is 7. The van der Waals surface area contributed by atoms with Gasteiger partial charge in [0.05, 0.1) is 5.56 Å². The van der Waals surface area contributed by atoms with Crippen LogP contribution in [0.3, 0.4) is 0 Å². The maximum absolute atomic E-state index is 14.0. The third kappa shape index (κ3) is 4.35. The minimum absolute atomic E-state index is 0.184. The number of hydrogen-bond donors (Lipinski definition) is 2. The maximum atomic E-state index is 14.0. The van der Waals surface area contributed by atoms with Crippen LogP contribution in [-0.4, -0.2) is 26.3 Å². The molecule has 0 saturated heterocycles. The van der Waals surface area contributed by atoms with Crippen LogP contribution >= 0.6 is 11.8 Å². The number of thioether (sulfide) groups is 1. The van der Waals surface area contributed by atoms with Crippen LogP contribution in [0.25, 0.3) is 11.3 Å². The SMILES string of the molecule is O=C(O)c1ccc([C@H]2Nc3ccccc3-c3nnc(SCc4ccccc4F)nc3O2)cc1. The van der Waals surface area contributed by atoms with Gasteiger partial charge in [0.25, 0.3) is 0 Å². The summed E-state index contributed by atoms with van der Waals surface area (Å²) in [4.78, 5) is 15.7. The fourth-order valence-electron chi connectivity index (χ4n) is 3.42. The van der Waals surface area contributed by atoms with Gasteiger partial charge in [0.15, 0.2) is 11.9 Å². The molecule has 5 rings (SSSR count). The Labute approximate surface area is 192 Å². The molecule has 0 amide bonds. The molecule has 0 unspecified atom stereocenters. The van der Waals surface area contributed by atoms with Crippen molar-refractivity contribution in [3.05, 3.63) is 95.3 Å². The van der Waals surface area contributed by atoms with Crippen LogP contribution in [0.5, 0.6) is 5.88 Å². The van der Waals surface area contributed by atoms with Crippen LogP contribution in [0.4, 0.5) is 10.1 Å². The van der Waals surface area contributed by atoms with Gasteiger partial charge in [0.2, 0.25) is 11.0 Å². The predicted molar refractivity (Wildman–Crippen MR) is 122 cm³/mol. The number of carbonyl (C=O) groups is 1. The van der Waals surface area contributed by atoms with Gasteiger partial charge in [-0.05, 0) is 29.8 Å². The van der Waals surface area contributed by atoms with Crippen molar-refractivity contribution in [1.82, 2.24) is 15.2 Å². The molecule has 2 N–H and O–H groups in total. The second kappa shape index (κ2) is 8.87. The lowest BCUT2D eigenvalue weighted by atomic mass is 10.1. The van der Waals surface area contributed by atoms with Crippen LogP contribution < -0.4 is 10.1 Å². The fraction of sp³-hybridized carbons (Fsp3) is 0.0833. The summed E-state index contributed by atoms with van der Waals surface area (Å²) in [5, 5.41) is 21.4. The highest BCUT2D eigenvalue weighted by atomic mass is 32.2. The van der Waals surface area contributed by atoms with Crippen molar-refractivity contribution in [1.29, 1.82) is 0 Å². The summed E-state index contributed by atoms with van der Waals surface area (Å²) >= 11 is 1.26. The molecule has 0 aliphatic carbocycles. The van der Waals surface area contributed by atoms with Gasteiger partial charge in [-0.2, -0.15) is 4.98 Å². The molecule has 3 aromatic carbocycles. The molecule has 164 valence electrons. The Morgan fingerprint density at radius 3 is 2.58 bits per heavy atom. The van der Waals surface area contributed by atoms with E-state index in [2.05, 4.69) is 20.5 Å². The van der Waals surface area contributed by atoms with Gasteiger partial charge in [-0.25, -0.2) is 9.18 Å². The number of nitrogens with one attached hydrogen (secondary N) is 1. The number of aromatic carboxylic acids is 1. The highest BCUT2D eigenvalue weighted by molar-refractivity contribution is 7.98. The van der Waals surface area contributed by atoms with E-state index in [1.165, 1.54) is 30.0 Å². The van der Waals surface area contributed by atoms with Crippen molar-refractivity contribution in [3.8, 4) is 17.1 Å². The number of carboxylic acids is 1. The first-order valence-electron chi connectivity index (χ1n) is 10.1. The zero-order chi connectivity index (χ0) is 22.8. The first-order chi connectivity index (χ1) is 16.1. The normalized spacial score (nSPS) is 14.3. The Bertz CT molecular complexity index is 1330. The molecular formula is C24H17FN4O3S. The van der Waals surface area contributed by atoms with Gasteiger partial charge in [0, 0.05) is 22.6 Å². The summed E-state index contributed by atoms with van der Waals surface area (Å²) in [6.45, 7) is 0. The van der Waals surface area contributed by atoms with Gasteiger partial charge in [-0.1, -0.05) is 60.3 Å². The quantitative estimate of drug-likeness (QED) is 0.394. The Hall–Kier alpha value is -3.98. The lowest BCUT2D eigenvalue weighted by Crippen LogP contribution is -2.17. The molecule has 1 aliphatic heterocycles. The molecule has 9 heteroatoms. The Balaban J connectivity index is 1.48. The summed E-state index contributed by atoms with van der Waals surface area (Å²) in [5.74, 6) is -0.652. The molecule has 4 aromatic rings. The second-order valence-electron chi connectivity index (χ2n) is 7.24. The van der Waals surface area contributed by atoms with Crippen LogP contribution in [-0.2, 0) is 5.75 Å². The summed E-state index contributed by atoms with van der Waals surface area (Å²) in [6.07, 6.45) is -0.628. The number of carboxylic acid groups (broad SMARTS) is 1. The number of halogens is 1. The van der Waals surface area contributed by atoms with Crippen LogP contribution in [0, 0.1) is 5.82 Å². The lowest BCUT2D eigenvalue weighted by molar-refractivity contribution is 0.0696. The average molecular weight is 460 g/mol. The van der Waals surface area contributed by atoms with E-state index in [0.717, 1.165) is 16.8 Å². The number of aromatic nitrogens is 3. The summed E-state index contributed by atoms with van der Waals surface area (Å²) in [5.41, 5.74) is 3.50. The van der Waals surface area contributed by atoms with E-state index in [-0.39, 0.29) is 17.3 Å². The third-order valence-corrected chi connectivity index (χ3v) is 6.00. The standard InChI is InChI=1S/C24H17FN4O3S/c25-18-7-3-1-5-16(18)13-33-24-27-22-20(28-29-24)17-6-2-4-8-19(17)26-21(32-22)14-9-11-15(12-10-14)23(30)31/h1-12,21,26H,13H2,(H,30,31)/t21-/m0/s1. The lowest BCUT2D eigenvalue weighted by Gasteiger charge is -2.19. The number of fused-ring (bicyclic) bond motifs is 3. The highest BCUT2D eigenvalue weighted by Gasteiger charge is 2.26. The monoisotopic (exact) mass is 460 g/mol. The zero-order valence-corrected chi connectivity index (χ0v) is 17.9. The molecule has 0 radical (unpaired) electrons. The van der Waals surface area contributed by atoms with Crippen molar-refractivity contribution in [3.63, 3.8) is 0 Å². The Kier molecular flexibility index (Phi) is 5.62. The van der Waals surface area contributed by atoms with Crippen molar-refractivity contribution in [2.24, 2.45) is 0 Å². The van der Waals surface area contributed by atoms with Crippen molar-refractivity contribution >= 4 is 23.4 Å². The van der Waals surface area contributed by atoms with Crippen molar-refractivity contribution in [2.45, 2.75) is 17.1 Å². The molecule has 0 saturated carbocycles. The molecule has 0 spiro atoms. The average Bonchev–Trinajstić information content (AvgIpc) is 3.00. The number of para-hydroxylation sites is 1. The molecule has 0 bridgehead atoms. The molecular weight excluding hydrogens is 443 g/mol. The van der Waals surface area contributed by atoms with Gasteiger partial charge < -0.3 is 15.2 Å². The van der Waals surface area contributed by atoms with Crippen LogP contribution in [0.15, 0.2) is 78.0 Å². The molecule has 2 heterocycles. The second-order valence-corrected chi connectivity index (χ2v) is 8.19. The minimum Gasteiger partial charge on any atom is -0.478 e. The largest absolute Gasteiger partial charge is 0.478 e. The van der Waals surface area contributed by atoms with E-state index in [4.69, 9.17) is 4.74 Å². The van der Waals surface area contributed by atoms with Crippen molar-refractivity contribution in [2.75, 3.05) is 5.32 Å². The van der Waals surface area contributed by atoms with E-state index in [9.17, 15) is 14.3 Å². The summed E-state index contributed by atoms with van der Waals surface area (Å²) < 4.78 is 20.1. The summed E-state index contributed by atoms with van der Waals surface area (Å²) in [7, 11) is 0. The van der Waals surface area contributed by atoms with E-state index in [1.807, 2.05) is 24.3 Å². The van der Waals surface area contributed by atoms with Gasteiger partial charge in [-0.15, -0.1) is 10.2 Å². The van der Waals surface area contributed by atoms with Gasteiger partial charge in [0.1, 0.15) is 5.82 Å². The highest BCUT2D eigenvalue weighted by Crippen LogP contribution is 2.39. The van der Waals surface area contributed by atoms with E-state index < -0.39 is 12.2 Å². The molecule has 1 aliphatic rings. The third-order valence-electron chi connectivity index (χ3n) is 5.11. The maximum Gasteiger partial charge on any atom is 0.335 e. The van der Waals surface area contributed by atoms with E-state index in [0.29, 0.717) is 22.2 Å². The van der Waals surface area contributed by atoms with E-state index >= 15 is 0 Å². The summed E-state index contributed by atoms with van der Waals surface area (Å²) in [6, 6.07) is 20.5. The fourth-order valence-corrected chi connectivity index (χ4v) is 4.18. The minimum atomic E-state index is -1.000. The number of rotatable bonds is 5. The molecule has 1 atom stereocenters. The number of anilines is 1. The number of ether oxygens (including phenoxy) is 1.